The standard InChI is InChI=1S/C22H23N5O3/c1-30-19-9-5-8-17(12-19)22(29)23-13-21(28)26-11-10-18(14-26)27-15-20(24-25-27)16-6-3-2-4-7-16/h2-9,12,15,18H,10-11,13-14H2,1H3,(H,23,29). The third-order valence-corrected chi connectivity index (χ3v) is 5.20. The number of amides is 2. The highest BCUT2D eigenvalue weighted by Crippen LogP contribution is 2.23. The van der Waals surface area contributed by atoms with Crippen LogP contribution >= 0.6 is 0 Å². The first-order valence-electron chi connectivity index (χ1n) is 9.81. The summed E-state index contributed by atoms with van der Waals surface area (Å²) in [5, 5.41) is 11.2. The smallest absolute Gasteiger partial charge is 0.251 e. The Hall–Kier alpha value is -3.68. The lowest BCUT2D eigenvalue weighted by Gasteiger charge is -2.17. The number of ether oxygens (including phenoxy) is 1. The van der Waals surface area contributed by atoms with E-state index >= 15 is 0 Å². The average Bonchev–Trinajstić information content (AvgIpc) is 3.48. The van der Waals surface area contributed by atoms with Crippen molar-refractivity contribution in [3.63, 3.8) is 0 Å². The summed E-state index contributed by atoms with van der Waals surface area (Å²) in [4.78, 5) is 26.6. The van der Waals surface area contributed by atoms with E-state index in [4.69, 9.17) is 4.74 Å². The van der Waals surface area contributed by atoms with Crippen LogP contribution in [0.4, 0.5) is 0 Å². The molecule has 1 atom stereocenters. The zero-order chi connectivity index (χ0) is 20.9. The Balaban J connectivity index is 1.31. The molecule has 4 rings (SSSR count). The number of hydrogen-bond acceptors (Lipinski definition) is 5. The first-order valence-corrected chi connectivity index (χ1v) is 9.81. The van der Waals surface area contributed by atoms with Gasteiger partial charge in [-0.15, -0.1) is 5.10 Å². The minimum absolute atomic E-state index is 0.0462. The molecule has 1 fully saturated rings. The maximum atomic E-state index is 12.5. The summed E-state index contributed by atoms with van der Waals surface area (Å²) in [5.41, 5.74) is 2.28. The van der Waals surface area contributed by atoms with Crippen LogP contribution in [0.2, 0.25) is 0 Å². The van der Waals surface area contributed by atoms with Gasteiger partial charge in [0.25, 0.3) is 5.91 Å². The van der Waals surface area contributed by atoms with Gasteiger partial charge in [0.1, 0.15) is 11.4 Å². The number of benzene rings is 2. The Morgan fingerprint density at radius 3 is 2.80 bits per heavy atom. The van der Waals surface area contributed by atoms with Gasteiger partial charge in [-0.1, -0.05) is 41.6 Å². The summed E-state index contributed by atoms with van der Waals surface area (Å²) < 4.78 is 6.95. The summed E-state index contributed by atoms with van der Waals surface area (Å²) in [6, 6.07) is 16.8. The molecule has 0 spiro atoms. The molecule has 3 aromatic rings. The summed E-state index contributed by atoms with van der Waals surface area (Å²) in [6.07, 6.45) is 2.71. The highest BCUT2D eigenvalue weighted by Gasteiger charge is 2.28. The number of likely N-dealkylation sites (tertiary alicyclic amines) is 1. The van der Waals surface area contributed by atoms with Crippen molar-refractivity contribution in [1.29, 1.82) is 0 Å². The molecule has 30 heavy (non-hydrogen) atoms. The van der Waals surface area contributed by atoms with E-state index in [9.17, 15) is 9.59 Å². The number of carbonyl (C=O) groups excluding carboxylic acids is 2. The lowest BCUT2D eigenvalue weighted by molar-refractivity contribution is -0.129. The summed E-state index contributed by atoms with van der Waals surface area (Å²) in [7, 11) is 1.54. The molecule has 0 bridgehead atoms. The second-order valence-corrected chi connectivity index (χ2v) is 7.15. The SMILES string of the molecule is COc1cccc(C(=O)NCC(=O)N2CCC(n3cc(-c4ccccc4)nn3)C2)c1. The Morgan fingerprint density at radius 2 is 2.00 bits per heavy atom. The van der Waals surface area contributed by atoms with Crippen molar-refractivity contribution in [2.24, 2.45) is 0 Å². The molecular formula is C22H23N5O3. The molecule has 1 unspecified atom stereocenters. The molecule has 1 saturated heterocycles. The predicted octanol–water partition coefficient (Wildman–Crippen LogP) is 2.16. The van der Waals surface area contributed by atoms with Gasteiger partial charge in [0.2, 0.25) is 5.91 Å². The predicted molar refractivity (Wildman–Crippen MR) is 111 cm³/mol. The highest BCUT2D eigenvalue weighted by atomic mass is 16.5. The lowest BCUT2D eigenvalue weighted by Crippen LogP contribution is -2.39. The monoisotopic (exact) mass is 405 g/mol. The first kappa shape index (κ1) is 19.6. The molecule has 8 heteroatoms. The molecule has 8 nitrogen and oxygen atoms in total. The van der Waals surface area contributed by atoms with Crippen LogP contribution in [0.1, 0.15) is 22.8 Å². The Kier molecular flexibility index (Phi) is 5.74. The molecule has 1 aliphatic heterocycles. The summed E-state index contributed by atoms with van der Waals surface area (Å²) >= 11 is 0. The molecule has 0 saturated carbocycles. The third kappa shape index (κ3) is 4.32. The van der Waals surface area contributed by atoms with Gasteiger partial charge in [-0.3, -0.25) is 9.59 Å². The summed E-state index contributed by atoms with van der Waals surface area (Å²) in [5.74, 6) is 0.179. The normalized spacial score (nSPS) is 15.8. The number of rotatable bonds is 6. The van der Waals surface area contributed by atoms with Gasteiger partial charge in [0.05, 0.1) is 25.9 Å². The second-order valence-electron chi connectivity index (χ2n) is 7.15. The van der Waals surface area contributed by atoms with Gasteiger partial charge in [-0.05, 0) is 24.6 Å². The number of methoxy groups -OCH3 is 1. The fourth-order valence-electron chi connectivity index (χ4n) is 3.51. The van der Waals surface area contributed by atoms with Crippen molar-refractivity contribution in [1.82, 2.24) is 25.2 Å². The number of carbonyl (C=O) groups is 2. The van der Waals surface area contributed by atoms with Crippen molar-refractivity contribution in [2.45, 2.75) is 12.5 Å². The van der Waals surface area contributed by atoms with Gasteiger partial charge in [-0.25, -0.2) is 4.68 Å². The van der Waals surface area contributed by atoms with Crippen LogP contribution in [0.5, 0.6) is 5.75 Å². The van der Waals surface area contributed by atoms with Gasteiger partial charge < -0.3 is 15.0 Å². The average molecular weight is 405 g/mol. The maximum Gasteiger partial charge on any atom is 0.251 e. The van der Waals surface area contributed by atoms with E-state index < -0.39 is 0 Å². The number of hydrogen-bond donors (Lipinski definition) is 1. The van der Waals surface area contributed by atoms with Crippen LogP contribution < -0.4 is 10.1 Å². The molecule has 2 heterocycles. The number of nitrogens with zero attached hydrogens (tertiary/aromatic N) is 4. The van der Waals surface area contributed by atoms with E-state index in [-0.39, 0.29) is 24.4 Å². The van der Waals surface area contributed by atoms with Crippen LogP contribution in [-0.4, -0.2) is 58.5 Å². The molecule has 154 valence electrons. The maximum absolute atomic E-state index is 12.5. The zero-order valence-corrected chi connectivity index (χ0v) is 16.7. The zero-order valence-electron chi connectivity index (χ0n) is 16.7. The molecule has 1 aliphatic rings. The molecule has 0 aliphatic carbocycles. The van der Waals surface area contributed by atoms with Crippen LogP contribution in [-0.2, 0) is 4.79 Å². The molecule has 2 amide bonds. The van der Waals surface area contributed by atoms with E-state index in [1.54, 1.807) is 36.3 Å². The highest BCUT2D eigenvalue weighted by molar-refractivity contribution is 5.96. The van der Waals surface area contributed by atoms with E-state index in [2.05, 4.69) is 15.6 Å². The van der Waals surface area contributed by atoms with Gasteiger partial charge in [0.15, 0.2) is 0 Å². The fourth-order valence-corrected chi connectivity index (χ4v) is 3.51. The Morgan fingerprint density at radius 1 is 1.17 bits per heavy atom. The van der Waals surface area contributed by atoms with Crippen molar-refractivity contribution in [2.75, 3.05) is 26.7 Å². The van der Waals surface area contributed by atoms with Crippen LogP contribution in [0.3, 0.4) is 0 Å². The Bertz CT molecular complexity index is 1030. The van der Waals surface area contributed by atoms with E-state index in [0.29, 0.717) is 24.4 Å². The Labute approximate surface area is 174 Å². The molecule has 0 radical (unpaired) electrons. The summed E-state index contributed by atoms with van der Waals surface area (Å²) in [6.45, 7) is 1.12. The van der Waals surface area contributed by atoms with Gasteiger partial charge in [-0.2, -0.15) is 0 Å². The first-order chi connectivity index (χ1) is 14.6. The molecular weight excluding hydrogens is 382 g/mol. The third-order valence-electron chi connectivity index (χ3n) is 5.20. The van der Waals surface area contributed by atoms with Crippen LogP contribution in [0, 0.1) is 0 Å². The molecule has 2 aromatic carbocycles. The van der Waals surface area contributed by atoms with Gasteiger partial charge >= 0.3 is 0 Å². The van der Waals surface area contributed by atoms with E-state index in [1.165, 1.54) is 0 Å². The van der Waals surface area contributed by atoms with Crippen molar-refractivity contribution >= 4 is 11.8 Å². The lowest BCUT2D eigenvalue weighted by atomic mass is 10.2. The van der Waals surface area contributed by atoms with E-state index in [1.807, 2.05) is 41.2 Å². The fraction of sp³-hybridized carbons (Fsp3) is 0.273. The number of nitrogens with one attached hydrogen (secondary N) is 1. The minimum Gasteiger partial charge on any atom is -0.497 e. The van der Waals surface area contributed by atoms with E-state index in [0.717, 1.165) is 17.7 Å². The second kappa shape index (κ2) is 8.77. The minimum atomic E-state index is -0.304. The van der Waals surface area contributed by atoms with Gasteiger partial charge in [0, 0.05) is 24.2 Å². The molecule has 1 N–H and O–H groups in total. The largest absolute Gasteiger partial charge is 0.497 e. The van der Waals surface area contributed by atoms with Crippen LogP contribution in [0.25, 0.3) is 11.3 Å². The van der Waals surface area contributed by atoms with Crippen molar-refractivity contribution < 1.29 is 14.3 Å². The molecule has 1 aromatic heterocycles. The topological polar surface area (TPSA) is 89.4 Å². The quantitative estimate of drug-likeness (QED) is 0.679. The number of aromatic nitrogens is 3. The van der Waals surface area contributed by atoms with Crippen LogP contribution in [0.15, 0.2) is 60.8 Å². The van der Waals surface area contributed by atoms with Crippen molar-refractivity contribution in [3.8, 4) is 17.0 Å². The van der Waals surface area contributed by atoms with Crippen molar-refractivity contribution in [3.05, 3.63) is 66.4 Å².